The minimum atomic E-state index is -4.83. The SMILES string of the molecule is Cc1ncn(C)c1NC(=O)[C@H]1CCC[C@@H](N(C)C(=O)c2cccc(OC(F)(F)F)c2)C1. The summed E-state index contributed by atoms with van der Waals surface area (Å²) in [5, 5.41) is 2.91. The average Bonchev–Trinajstić information content (AvgIpc) is 3.03. The van der Waals surface area contributed by atoms with E-state index in [2.05, 4.69) is 15.0 Å². The second-order valence-corrected chi connectivity index (χ2v) is 7.79. The van der Waals surface area contributed by atoms with Crippen LogP contribution in [0.25, 0.3) is 0 Å². The Hall–Kier alpha value is -3.04. The van der Waals surface area contributed by atoms with Crippen LogP contribution in [0.5, 0.6) is 5.75 Å². The molecule has 3 rings (SSSR count). The molecule has 1 saturated carbocycles. The number of amides is 2. The van der Waals surface area contributed by atoms with Crippen LogP contribution in [-0.2, 0) is 11.8 Å². The second-order valence-electron chi connectivity index (χ2n) is 7.79. The molecule has 1 N–H and O–H groups in total. The van der Waals surface area contributed by atoms with Crippen molar-refractivity contribution in [3.05, 3.63) is 41.9 Å². The van der Waals surface area contributed by atoms with Gasteiger partial charge >= 0.3 is 6.36 Å². The van der Waals surface area contributed by atoms with E-state index in [4.69, 9.17) is 0 Å². The van der Waals surface area contributed by atoms with Gasteiger partial charge in [-0.25, -0.2) is 4.98 Å². The lowest BCUT2D eigenvalue weighted by Gasteiger charge is -2.35. The number of nitrogens with one attached hydrogen (secondary N) is 1. The number of alkyl halides is 3. The lowest BCUT2D eigenvalue weighted by atomic mass is 9.84. The fourth-order valence-electron chi connectivity index (χ4n) is 3.89. The van der Waals surface area contributed by atoms with Gasteiger partial charge in [0.25, 0.3) is 5.91 Å². The molecule has 0 spiro atoms. The predicted octanol–water partition coefficient (Wildman–Crippen LogP) is 3.90. The van der Waals surface area contributed by atoms with Crippen LogP contribution in [0.4, 0.5) is 19.0 Å². The molecule has 1 heterocycles. The molecule has 168 valence electrons. The molecular weight excluding hydrogens is 413 g/mol. The summed E-state index contributed by atoms with van der Waals surface area (Å²) < 4.78 is 43.0. The molecule has 0 bridgehead atoms. The van der Waals surface area contributed by atoms with E-state index in [0.29, 0.717) is 18.7 Å². The van der Waals surface area contributed by atoms with Crippen LogP contribution in [0.1, 0.15) is 41.7 Å². The fourth-order valence-corrected chi connectivity index (χ4v) is 3.89. The number of carbonyl (C=O) groups excluding carboxylic acids is 2. The quantitative estimate of drug-likeness (QED) is 0.768. The number of carbonyl (C=O) groups is 2. The normalized spacial score (nSPS) is 19.0. The number of hydrogen-bond donors (Lipinski definition) is 1. The van der Waals surface area contributed by atoms with Crippen LogP contribution >= 0.6 is 0 Å². The highest BCUT2D eigenvalue weighted by atomic mass is 19.4. The molecule has 0 radical (unpaired) electrons. The second kappa shape index (κ2) is 8.99. The van der Waals surface area contributed by atoms with Gasteiger partial charge in [0.05, 0.1) is 12.0 Å². The van der Waals surface area contributed by atoms with Gasteiger partial charge in [0, 0.05) is 31.6 Å². The Labute approximate surface area is 178 Å². The molecule has 0 saturated heterocycles. The van der Waals surface area contributed by atoms with Gasteiger partial charge in [-0.3, -0.25) is 9.59 Å². The number of hydrogen-bond acceptors (Lipinski definition) is 4. The van der Waals surface area contributed by atoms with Gasteiger partial charge < -0.3 is 19.5 Å². The smallest absolute Gasteiger partial charge is 0.406 e. The number of aromatic nitrogens is 2. The first-order valence-electron chi connectivity index (χ1n) is 9.97. The molecular formula is C21H25F3N4O3. The molecule has 31 heavy (non-hydrogen) atoms. The minimum Gasteiger partial charge on any atom is -0.406 e. The van der Waals surface area contributed by atoms with Crippen molar-refractivity contribution in [3.63, 3.8) is 0 Å². The Kier molecular flexibility index (Phi) is 6.56. The molecule has 10 heteroatoms. The van der Waals surface area contributed by atoms with E-state index < -0.39 is 18.0 Å². The Morgan fingerprint density at radius 2 is 2.03 bits per heavy atom. The topological polar surface area (TPSA) is 76.5 Å². The number of imidazole rings is 1. The molecule has 2 amide bonds. The summed E-state index contributed by atoms with van der Waals surface area (Å²) in [6.07, 6.45) is -0.543. The molecule has 2 atom stereocenters. The maximum atomic E-state index is 12.9. The van der Waals surface area contributed by atoms with Crippen LogP contribution in [-0.4, -0.2) is 45.7 Å². The zero-order valence-electron chi connectivity index (χ0n) is 17.6. The summed E-state index contributed by atoms with van der Waals surface area (Å²) in [6, 6.07) is 4.81. The summed E-state index contributed by atoms with van der Waals surface area (Å²) in [4.78, 5) is 31.3. The molecule has 2 aromatic rings. The fraction of sp³-hybridized carbons (Fsp3) is 0.476. The van der Waals surface area contributed by atoms with Crippen molar-refractivity contribution in [2.45, 2.75) is 45.0 Å². The van der Waals surface area contributed by atoms with E-state index in [-0.39, 0.29) is 23.4 Å². The summed E-state index contributed by atoms with van der Waals surface area (Å²) in [7, 11) is 3.40. The highest BCUT2D eigenvalue weighted by Crippen LogP contribution is 2.30. The standard InChI is InChI=1S/C21H25F3N4O3/c1-13-18(27(2)12-25-13)26-19(29)14-6-4-8-16(10-14)28(3)20(30)15-7-5-9-17(11-15)31-21(22,23)24/h5,7,9,11-12,14,16H,4,6,8,10H2,1-3H3,(H,26,29)/t14-,16+/m0/s1. The van der Waals surface area contributed by atoms with Gasteiger partial charge in [-0.1, -0.05) is 12.5 Å². The molecule has 1 aliphatic rings. The highest BCUT2D eigenvalue weighted by Gasteiger charge is 2.33. The van der Waals surface area contributed by atoms with Crippen molar-refractivity contribution >= 4 is 17.6 Å². The van der Waals surface area contributed by atoms with Crippen LogP contribution in [0.2, 0.25) is 0 Å². The van der Waals surface area contributed by atoms with E-state index in [9.17, 15) is 22.8 Å². The van der Waals surface area contributed by atoms with Crippen molar-refractivity contribution in [1.29, 1.82) is 0 Å². The third-order valence-corrected chi connectivity index (χ3v) is 5.56. The first-order valence-corrected chi connectivity index (χ1v) is 9.97. The van der Waals surface area contributed by atoms with E-state index in [1.807, 2.05) is 6.92 Å². The van der Waals surface area contributed by atoms with Crippen molar-refractivity contribution in [2.24, 2.45) is 13.0 Å². The van der Waals surface area contributed by atoms with Gasteiger partial charge in [-0.2, -0.15) is 0 Å². The number of nitrogens with zero attached hydrogens (tertiary/aromatic N) is 3. The largest absolute Gasteiger partial charge is 0.573 e. The van der Waals surface area contributed by atoms with Crippen molar-refractivity contribution in [3.8, 4) is 5.75 Å². The number of ether oxygens (including phenoxy) is 1. The van der Waals surface area contributed by atoms with Crippen LogP contribution in [0.3, 0.4) is 0 Å². The van der Waals surface area contributed by atoms with Crippen molar-refractivity contribution < 1.29 is 27.5 Å². The van der Waals surface area contributed by atoms with Crippen LogP contribution in [0.15, 0.2) is 30.6 Å². The van der Waals surface area contributed by atoms with Gasteiger partial charge in [0.2, 0.25) is 5.91 Å². The summed E-state index contributed by atoms with van der Waals surface area (Å²) >= 11 is 0. The molecule has 7 nitrogen and oxygen atoms in total. The van der Waals surface area contributed by atoms with E-state index in [0.717, 1.165) is 30.7 Å². The van der Waals surface area contributed by atoms with Crippen molar-refractivity contribution in [2.75, 3.05) is 12.4 Å². The number of aryl methyl sites for hydroxylation is 2. The first-order chi connectivity index (χ1) is 14.5. The monoisotopic (exact) mass is 438 g/mol. The maximum Gasteiger partial charge on any atom is 0.573 e. The molecule has 1 aromatic carbocycles. The zero-order valence-corrected chi connectivity index (χ0v) is 17.6. The van der Waals surface area contributed by atoms with E-state index in [1.165, 1.54) is 17.0 Å². The van der Waals surface area contributed by atoms with Gasteiger partial charge in [-0.15, -0.1) is 13.2 Å². The summed E-state index contributed by atoms with van der Waals surface area (Å²) in [5.41, 5.74) is 0.817. The van der Waals surface area contributed by atoms with Gasteiger partial charge in [-0.05, 0) is 44.4 Å². The number of rotatable bonds is 5. The van der Waals surface area contributed by atoms with Crippen LogP contribution < -0.4 is 10.1 Å². The number of benzene rings is 1. The summed E-state index contributed by atoms with van der Waals surface area (Å²) in [6.45, 7) is 1.81. The molecule has 1 fully saturated rings. The minimum absolute atomic E-state index is 0.0985. The predicted molar refractivity (Wildman–Crippen MR) is 108 cm³/mol. The van der Waals surface area contributed by atoms with Crippen molar-refractivity contribution in [1.82, 2.24) is 14.5 Å². The zero-order chi connectivity index (χ0) is 22.8. The number of halogens is 3. The third-order valence-electron chi connectivity index (χ3n) is 5.56. The molecule has 0 unspecified atom stereocenters. The molecule has 0 aliphatic heterocycles. The van der Waals surface area contributed by atoms with Gasteiger partial charge in [0.15, 0.2) is 0 Å². The van der Waals surface area contributed by atoms with Gasteiger partial charge in [0.1, 0.15) is 11.6 Å². The molecule has 1 aromatic heterocycles. The lowest BCUT2D eigenvalue weighted by molar-refractivity contribution is -0.274. The third kappa shape index (κ3) is 5.56. The van der Waals surface area contributed by atoms with E-state index in [1.54, 1.807) is 25.0 Å². The Morgan fingerprint density at radius 3 is 2.68 bits per heavy atom. The molecule has 1 aliphatic carbocycles. The summed E-state index contributed by atoms with van der Waals surface area (Å²) in [5.74, 6) is -0.626. The Balaban J connectivity index is 1.66. The maximum absolute atomic E-state index is 12.9. The first kappa shape index (κ1) is 22.6. The Bertz CT molecular complexity index is 938. The number of anilines is 1. The lowest BCUT2D eigenvalue weighted by Crippen LogP contribution is -2.42. The highest BCUT2D eigenvalue weighted by molar-refractivity contribution is 5.95. The Morgan fingerprint density at radius 1 is 1.29 bits per heavy atom. The average molecular weight is 438 g/mol. The van der Waals surface area contributed by atoms with Crippen LogP contribution in [0, 0.1) is 12.8 Å². The van der Waals surface area contributed by atoms with E-state index >= 15 is 0 Å².